The molecule has 0 fully saturated rings. The van der Waals surface area contributed by atoms with E-state index in [1.54, 1.807) is 16.4 Å². The number of benzene rings is 1. The van der Waals surface area contributed by atoms with Crippen molar-refractivity contribution in [1.29, 1.82) is 0 Å². The van der Waals surface area contributed by atoms with Gasteiger partial charge in [0.25, 0.3) is 0 Å². The Balaban J connectivity index is 1.83. The number of rotatable bonds is 5. The molecule has 0 saturated heterocycles. The zero-order valence-electron chi connectivity index (χ0n) is 10.7. The molecule has 1 aromatic carbocycles. The number of nitrogens with zero attached hydrogens (tertiary/aromatic N) is 2. The van der Waals surface area contributed by atoms with Gasteiger partial charge >= 0.3 is 0 Å². The molecule has 0 aliphatic rings. The maximum Gasteiger partial charge on any atom is 0.0690 e. The standard InChI is InChI=1S/C14H18N2OS/c1-11-4-3-5-14(8-11)18-10-13(17)9-12-6-7-16(2)15-12/h3-8,13,17H,9-10H2,1-2H3. The van der Waals surface area contributed by atoms with Crippen LogP contribution in [0.15, 0.2) is 41.4 Å². The van der Waals surface area contributed by atoms with E-state index in [0.29, 0.717) is 12.2 Å². The Bertz CT molecular complexity index is 510. The van der Waals surface area contributed by atoms with Crippen molar-refractivity contribution in [2.45, 2.75) is 24.3 Å². The zero-order chi connectivity index (χ0) is 13.0. The monoisotopic (exact) mass is 262 g/mol. The molecule has 2 aromatic rings. The van der Waals surface area contributed by atoms with Gasteiger partial charge in [-0.1, -0.05) is 17.7 Å². The van der Waals surface area contributed by atoms with Gasteiger partial charge in [0.1, 0.15) is 0 Å². The van der Waals surface area contributed by atoms with Crippen molar-refractivity contribution in [2.75, 3.05) is 5.75 Å². The summed E-state index contributed by atoms with van der Waals surface area (Å²) in [5.74, 6) is 0.694. The number of hydrogen-bond acceptors (Lipinski definition) is 3. The molecule has 18 heavy (non-hydrogen) atoms. The van der Waals surface area contributed by atoms with Crippen molar-refractivity contribution in [3.8, 4) is 0 Å². The Morgan fingerprint density at radius 1 is 1.39 bits per heavy atom. The maximum absolute atomic E-state index is 9.97. The van der Waals surface area contributed by atoms with Crippen LogP contribution in [0.5, 0.6) is 0 Å². The first-order valence-electron chi connectivity index (χ1n) is 5.99. The summed E-state index contributed by atoms with van der Waals surface area (Å²) in [6, 6.07) is 10.3. The van der Waals surface area contributed by atoms with Crippen LogP contribution in [0.25, 0.3) is 0 Å². The summed E-state index contributed by atoms with van der Waals surface area (Å²) in [5.41, 5.74) is 2.19. The summed E-state index contributed by atoms with van der Waals surface area (Å²) in [7, 11) is 1.89. The Kier molecular flexibility index (Phi) is 4.44. The van der Waals surface area contributed by atoms with Crippen molar-refractivity contribution in [3.63, 3.8) is 0 Å². The molecule has 96 valence electrons. The van der Waals surface area contributed by atoms with Crippen LogP contribution < -0.4 is 0 Å². The number of thioether (sulfide) groups is 1. The lowest BCUT2D eigenvalue weighted by atomic mass is 10.2. The van der Waals surface area contributed by atoms with Crippen molar-refractivity contribution < 1.29 is 5.11 Å². The average molecular weight is 262 g/mol. The van der Waals surface area contributed by atoms with E-state index in [1.807, 2.05) is 25.4 Å². The molecular weight excluding hydrogens is 244 g/mol. The van der Waals surface area contributed by atoms with Gasteiger partial charge in [-0.3, -0.25) is 4.68 Å². The van der Waals surface area contributed by atoms with Gasteiger partial charge in [0.15, 0.2) is 0 Å². The van der Waals surface area contributed by atoms with Gasteiger partial charge in [-0.2, -0.15) is 5.10 Å². The number of aliphatic hydroxyl groups excluding tert-OH is 1. The molecule has 3 nitrogen and oxygen atoms in total. The third-order valence-electron chi connectivity index (χ3n) is 2.65. The lowest BCUT2D eigenvalue weighted by molar-refractivity contribution is 0.198. The molecule has 1 aromatic heterocycles. The lowest BCUT2D eigenvalue weighted by Crippen LogP contribution is -2.14. The van der Waals surface area contributed by atoms with Crippen LogP contribution >= 0.6 is 11.8 Å². The van der Waals surface area contributed by atoms with E-state index < -0.39 is 0 Å². The molecule has 2 rings (SSSR count). The van der Waals surface area contributed by atoms with Crippen molar-refractivity contribution in [3.05, 3.63) is 47.8 Å². The van der Waals surface area contributed by atoms with E-state index in [4.69, 9.17) is 0 Å². The van der Waals surface area contributed by atoms with Gasteiger partial charge in [0.05, 0.1) is 11.8 Å². The molecule has 0 saturated carbocycles. The molecule has 1 unspecified atom stereocenters. The highest BCUT2D eigenvalue weighted by Crippen LogP contribution is 2.20. The molecule has 0 aliphatic carbocycles. The second kappa shape index (κ2) is 6.07. The number of aliphatic hydroxyl groups is 1. The SMILES string of the molecule is Cc1cccc(SCC(O)Cc2ccn(C)n2)c1. The smallest absolute Gasteiger partial charge is 0.0690 e. The summed E-state index contributed by atoms with van der Waals surface area (Å²) in [6.45, 7) is 2.08. The lowest BCUT2D eigenvalue weighted by Gasteiger charge is -2.08. The minimum atomic E-state index is -0.356. The topological polar surface area (TPSA) is 38.0 Å². The quantitative estimate of drug-likeness (QED) is 0.841. The molecule has 0 radical (unpaired) electrons. The number of aromatic nitrogens is 2. The summed E-state index contributed by atoms with van der Waals surface area (Å²) in [6.07, 6.45) is 2.15. The Morgan fingerprint density at radius 2 is 2.22 bits per heavy atom. The highest BCUT2D eigenvalue weighted by Gasteiger charge is 2.08. The third-order valence-corrected chi connectivity index (χ3v) is 3.78. The van der Waals surface area contributed by atoms with Gasteiger partial charge in [-0.25, -0.2) is 0 Å². The van der Waals surface area contributed by atoms with E-state index in [2.05, 4.69) is 30.2 Å². The molecular formula is C14H18N2OS. The van der Waals surface area contributed by atoms with Crippen LogP contribution in [0.1, 0.15) is 11.3 Å². The van der Waals surface area contributed by atoms with Crippen LogP contribution in [-0.4, -0.2) is 26.7 Å². The highest BCUT2D eigenvalue weighted by molar-refractivity contribution is 7.99. The second-order valence-electron chi connectivity index (χ2n) is 4.47. The fourth-order valence-corrected chi connectivity index (χ4v) is 2.72. The van der Waals surface area contributed by atoms with Crippen LogP contribution in [-0.2, 0) is 13.5 Å². The van der Waals surface area contributed by atoms with E-state index in [-0.39, 0.29) is 6.10 Å². The summed E-state index contributed by atoms with van der Waals surface area (Å²) < 4.78 is 1.76. The minimum Gasteiger partial charge on any atom is -0.392 e. The molecule has 0 aliphatic heterocycles. The molecule has 0 spiro atoms. The fourth-order valence-electron chi connectivity index (χ4n) is 1.77. The number of hydrogen-bond donors (Lipinski definition) is 1. The second-order valence-corrected chi connectivity index (χ2v) is 5.56. The molecule has 4 heteroatoms. The van der Waals surface area contributed by atoms with Crippen molar-refractivity contribution in [1.82, 2.24) is 9.78 Å². The van der Waals surface area contributed by atoms with E-state index in [1.165, 1.54) is 10.5 Å². The summed E-state index contributed by atoms with van der Waals surface area (Å²) >= 11 is 1.68. The average Bonchev–Trinajstić information content (AvgIpc) is 2.72. The minimum absolute atomic E-state index is 0.356. The maximum atomic E-state index is 9.97. The van der Waals surface area contributed by atoms with Gasteiger partial charge < -0.3 is 5.11 Å². The van der Waals surface area contributed by atoms with E-state index in [9.17, 15) is 5.11 Å². The largest absolute Gasteiger partial charge is 0.392 e. The predicted octanol–water partition coefficient (Wildman–Crippen LogP) is 2.42. The van der Waals surface area contributed by atoms with Crippen LogP contribution in [0.4, 0.5) is 0 Å². The van der Waals surface area contributed by atoms with Gasteiger partial charge in [0.2, 0.25) is 0 Å². The first-order valence-corrected chi connectivity index (χ1v) is 6.98. The molecule has 0 amide bonds. The van der Waals surface area contributed by atoms with Crippen LogP contribution in [0, 0.1) is 6.92 Å². The highest BCUT2D eigenvalue weighted by atomic mass is 32.2. The fraction of sp³-hybridized carbons (Fsp3) is 0.357. The predicted molar refractivity (Wildman–Crippen MR) is 74.8 cm³/mol. The molecule has 0 bridgehead atoms. The molecule has 1 N–H and O–H groups in total. The summed E-state index contributed by atoms with van der Waals surface area (Å²) in [4.78, 5) is 1.20. The van der Waals surface area contributed by atoms with Crippen molar-refractivity contribution in [2.24, 2.45) is 7.05 Å². The summed E-state index contributed by atoms with van der Waals surface area (Å²) in [5, 5.41) is 14.2. The first-order chi connectivity index (χ1) is 8.63. The van der Waals surface area contributed by atoms with E-state index >= 15 is 0 Å². The molecule has 1 atom stereocenters. The Hall–Kier alpha value is -1.26. The van der Waals surface area contributed by atoms with E-state index in [0.717, 1.165) is 5.69 Å². The van der Waals surface area contributed by atoms with Gasteiger partial charge in [-0.05, 0) is 25.1 Å². The van der Waals surface area contributed by atoms with Crippen LogP contribution in [0.3, 0.4) is 0 Å². The van der Waals surface area contributed by atoms with Gasteiger partial charge in [-0.15, -0.1) is 11.8 Å². The van der Waals surface area contributed by atoms with Crippen molar-refractivity contribution >= 4 is 11.8 Å². The zero-order valence-corrected chi connectivity index (χ0v) is 11.5. The molecule has 1 heterocycles. The first kappa shape index (κ1) is 13.2. The Morgan fingerprint density at radius 3 is 2.89 bits per heavy atom. The normalized spacial score (nSPS) is 12.6. The Labute approximate surface area is 112 Å². The third kappa shape index (κ3) is 3.89. The van der Waals surface area contributed by atoms with Gasteiger partial charge in [0, 0.05) is 30.3 Å². The van der Waals surface area contributed by atoms with Crippen LogP contribution in [0.2, 0.25) is 0 Å². The number of aryl methyl sites for hydroxylation is 2.